The quantitative estimate of drug-likeness (QED) is 0.860. The maximum absolute atomic E-state index is 12.2. The van der Waals surface area contributed by atoms with Gasteiger partial charge in [-0.3, -0.25) is 4.72 Å². The molecule has 0 saturated heterocycles. The second-order valence-corrected chi connectivity index (χ2v) is 6.46. The molecule has 0 spiro atoms. The monoisotopic (exact) mass is 305 g/mol. The van der Waals surface area contributed by atoms with Crippen LogP contribution >= 0.6 is 0 Å². The number of rotatable bonds is 6. The van der Waals surface area contributed by atoms with E-state index in [0.717, 1.165) is 24.2 Å². The average Bonchev–Trinajstić information content (AvgIpc) is 2.47. The molecule has 1 heterocycles. The fourth-order valence-corrected chi connectivity index (χ4v) is 2.75. The van der Waals surface area contributed by atoms with Crippen LogP contribution in [0.1, 0.15) is 18.9 Å². The van der Waals surface area contributed by atoms with Crippen LogP contribution in [0.15, 0.2) is 47.5 Å². The SMILES string of the molecule is CCCNc1ccc(NS(=O)(=O)c2ccc(C)cc2)nc1. The highest BCUT2D eigenvalue weighted by Gasteiger charge is 2.14. The third-order valence-electron chi connectivity index (χ3n) is 2.91. The zero-order chi connectivity index (χ0) is 15.3. The van der Waals surface area contributed by atoms with E-state index in [0.29, 0.717) is 5.82 Å². The van der Waals surface area contributed by atoms with Crippen molar-refractivity contribution in [3.63, 3.8) is 0 Å². The Balaban J connectivity index is 2.11. The average molecular weight is 305 g/mol. The van der Waals surface area contributed by atoms with Gasteiger partial charge in [0.15, 0.2) is 0 Å². The minimum atomic E-state index is -3.59. The minimum absolute atomic E-state index is 0.225. The first kappa shape index (κ1) is 15.3. The molecule has 0 amide bonds. The van der Waals surface area contributed by atoms with E-state index >= 15 is 0 Å². The van der Waals surface area contributed by atoms with Gasteiger partial charge < -0.3 is 5.32 Å². The molecular formula is C15H19N3O2S. The molecule has 0 unspecified atom stereocenters. The molecule has 0 fully saturated rings. The smallest absolute Gasteiger partial charge is 0.263 e. The van der Waals surface area contributed by atoms with E-state index in [9.17, 15) is 8.42 Å². The van der Waals surface area contributed by atoms with Crippen LogP contribution in [0.5, 0.6) is 0 Å². The molecule has 0 bridgehead atoms. The van der Waals surface area contributed by atoms with Crippen molar-refractivity contribution in [2.45, 2.75) is 25.2 Å². The van der Waals surface area contributed by atoms with E-state index in [2.05, 4.69) is 21.9 Å². The van der Waals surface area contributed by atoms with E-state index in [-0.39, 0.29) is 4.90 Å². The van der Waals surface area contributed by atoms with Crippen LogP contribution in [0.3, 0.4) is 0 Å². The Morgan fingerprint density at radius 2 is 1.81 bits per heavy atom. The molecule has 0 aliphatic heterocycles. The fraction of sp³-hybridized carbons (Fsp3) is 0.267. The van der Waals surface area contributed by atoms with Gasteiger partial charge in [0.1, 0.15) is 5.82 Å². The number of aromatic nitrogens is 1. The summed E-state index contributed by atoms with van der Waals surface area (Å²) in [6.07, 6.45) is 2.63. The summed E-state index contributed by atoms with van der Waals surface area (Å²) in [5.41, 5.74) is 1.88. The van der Waals surface area contributed by atoms with Crippen molar-refractivity contribution in [1.29, 1.82) is 0 Å². The maximum atomic E-state index is 12.2. The van der Waals surface area contributed by atoms with Gasteiger partial charge in [-0.25, -0.2) is 13.4 Å². The molecule has 0 saturated carbocycles. The van der Waals surface area contributed by atoms with E-state index in [1.54, 1.807) is 42.6 Å². The molecule has 5 nitrogen and oxygen atoms in total. The lowest BCUT2D eigenvalue weighted by molar-refractivity contribution is 0.601. The molecule has 0 radical (unpaired) electrons. The summed E-state index contributed by atoms with van der Waals surface area (Å²) in [5.74, 6) is 0.303. The minimum Gasteiger partial charge on any atom is -0.384 e. The van der Waals surface area contributed by atoms with E-state index in [1.807, 2.05) is 6.92 Å². The van der Waals surface area contributed by atoms with Gasteiger partial charge in [0, 0.05) is 6.54 Å². The molecular weight excluding hydrogens is 286 g/mol. The number of sulfonamides is 1. The highest BCUT2D eigenvalue weighted by molar-refractivity contribution is 7.92. The molecule has 112 valence electrons. The van der Waals surface area contributed by atoms with Gasteiger partial charge in [0.2, 0.25) is 0 Å². The molecule has 1 aromatic carbocycles. The number of anilines is 2. The van der Waals surface area contributed by atoms with Crippen molar-refractivity contribution >= 4 is 21.5 Å². The van der Waals surface area contributed by atoms with Gasteiger partial charge >= 0.3 is 0 Å². The van der Waals surface area contributed by atoms with Gasteiger partial charge in [0.25, 0.3) is 10.0 Å². The van der Waals surface area contributed by atoms with Crippen molar-refractivity contribution in [2.24, 2.45) is 0 Å². The molecule has 2 rings (SSSR count). The van der Waals surface area contributed by atoms with Gasteiger partial charge in [-0.05, 0) is 37.6 Å². The molecule has 21 heavy (non-hydrogen) atoms. The number of pyridine rings is 1. The van der Waals surface area contributed by atoms with Crippen LogP contribution in [-0.2, 0) is 10.0 Å². The lowest BCUT2D eigenvalue weighted by Crippen LogP contribution is -2.14. The number of benzene rings is 1. The number of nitrogens with zero attached hydrogens (tertiary/aromatic N) is 1. The lowest BCUT2D eigenvalue weighted by atomic mass is 10.2. The van der Waals surface area contributed by atoms with E-state index in [1.165, 1.54) is 0 Å². The van der Waals surface area contributed by atoms with Gasteiger partial charge in [0.05, 0.1) is 16.8 Å². The fourth-order valence-electron chi connectivity index (χ4n) is 1.74. The largest absolute Gasteiger partial charge is 0.384 e. The summed E-state index contributed by atoms with van der Waals surface area (Å²) in [7, 11) is -3.59. The predicted octanol–water partition coefficient (Wildman–Crippen LogP) is 3.01. The zero-order valence-electron chi connectivity index (χ0n) is 12.1. The van der Waals surface area contributed by atoms with E-state index in [4.69, 9.17) is 0 Å². The topological polar surface area (TPSA) is 71.1 Å². The lowest BCUT2D eigenvalue weighted by Gasteiger charge is -2.09. The summed E-state index contributed by atoms with van der Waals surface area (Å²) in [6, 6.07) is 10.1. The second-order valence-electron chi connectivity index (χ2n) is 4.78. The molecule has 6 heteroatoms. The molecule has 1 aromatic heterocycles. The number of hydrogen-bond donors (Lipinski definition) is 2. The Morgan fingerprint density at radius 3 is 2.38 bits per heavy atom. The number of nitrogens with one attached hydrogen (secondary N) is 2. The summed E-state index contributed by atoms with van der Waals surface area (Å²) in [6.45, 7) is 4.84. The van der Waals surface area contributed by atoms with Crippen molar-refractivity contribution in [3.8, 4) is 0 Å². The van der Waals surface area contributed by atoms with Crippen molar-refractivity contribution in [3.05, 3.63) is 48.2 Å². The molecule has 0 aliphatic rings. The van der Waals surface area contributed by atoms with Gasteiger partial charge in [-0.2, -0.15) is 0 Å². The van der Waals surface area contributed by atoms with Crippen LogP contribution < -0.4 is 10.0 Å². The first-order chi connectivity index (χ1) is 10.0. The summed E-state index contributed by atoms with van der Waals surface area (Å²) in [5, 5.41) is 3.18. The molecule has 0 atom stereocenters. The first-order valence-corrected chi connectivity index (χ1v) is 8.29. The van der Waals surface area contributed by atoms with Gasteiger partial charge in [-0.15, -0.1) is 0 Å². The number of aryl methyl sites for hydroxylation is 1. The van der Waals surface area contributed by atoms with Gasteiger partial charge in [-0.1, -0.05) is 24.6 Å². The van der Waals surface area contributed by atoms with Crippen LogP contribution in [0.25, 0.3) is 0 Å². The summed E-state index contributed by atoms with van der Waals surface area (Å²) >= 11 is 0. The molecule has 2 aromatic rings. The van der Waals surface area contributed by atoms with Crippen LogP contribution in [-0.4, -0.2) is 19.9 Å². The third-order valence-corrected chi connectivity index (χ3v) is 4.28. The van der Waals surface area contributed by atoms with Crippen molar-refractivity contribution in [1.82, 2.24) is 4.98 Å². The van der Waals surface area contributed by atoms with Crippen LogP contribution in [0.2, 0.25) is 0 Å². The Labute approximate surface area is 125 Å². The highest BCUT2D eigenvalue weighted by Crippen LogP contribution is 2.16. The van der Waals surface area contributed by atoms with Crippen molar-refractivity contribution in [2.75, 3.05) is 16.6 Å². The predicted molar refractivity (Wildman–Crippen MR) is 85.0 cm³/mol. The molecule has 0 aliphatic carbocycles. The Bertz CT molecular complexity index is 680. The zero-order valence-corrected chi connectivity index (χ0v) is 12.9. The standard InChI is InChI=1S/C15H19N3O2S/c1-3-10-16-13-6-9-15(17-11-13)18-21(19,20)14-7-4-12(2)5-8-14/h4-9,11,16H,3,10H2,1-2H3,(H,17,18). The summed E-state index contributed by atoms with van der Waals surface area (Å²) in [4.78, 5) is 4.33. The Kier molecular flexibility index (Phi) is 4.80. The maximum Gasteiger partial charge on any atom is 0.263 e. The summed E-state index contributed by atoms with van der Waals surface area (Å²) < 4.78 is 26.9. The van der Waals surface area contributed by atoms with Crippen LogP contribution in [0, 0.1) is 6.92 Å². The first-order valence-electron chi connectivity index (χ1n) is 6.80. The number of hydrogen-bond acceptors (Lipinski definition) is 4. The molecule has 2 N–H and O–H groups in total. The Morgan fingerprint density at radius 1 is 1.10 bits per heavy atom. The second kappa shape index (κ2) is 6.58. The normalized spacial score (nSPS) is 11.1. The van der Waals surface area contributed by atoms with Crippen molar-refractivity contribution < 1.29 is 8.42 Å². The van der Waals surface area contributed by atoms with Crippen LogP contribution in [0.4, 0.5) is 11.5 Å². The van der Waals surface area contributed by atoms with E-state index < -0.39 is 10.0 Å². The Hall–Kier alpha value is -2.08. The third kappa shape index (κ3) is 4.19. The highest BCUT2D eigenvalue weighted by atomic mass is 32.2.